The molecule has 4 nitrogen and oxygen atoms in total. The van der Waals surface area contributed by atoms with Gasteiger partial charge in [0.05, 0.1) is 11.3 Å². The molecule has 98 valence electrons. The van der Waals surface area contributed by atoms with Crippen LogP contribution in [-0.4, -0.2) is 26.0 Å². The van der Waals surface area contributed by atoms with E-state index in [2.05, 4.69) is 24.3 Å². The Morgan fingerprint density at radius 2 is 1.94 bits per heavy atom. The van der Waals surface area contributed by atoms with Gasteiger partial charge in [-0.25, -0.2) is 0 Å². The zero-order chi connectivity index (χ0) is 13.3. The quantitative estimate of drug-likeness (QED) is 0.827. The van der Waals surface area contributed by atoms with Gasteiger partial charge in [0.1, 0.15) is 0 Å². The molecule has 0 fully saturated rings. The van der Waals surface area contributed by atoms with E-state index in [9.17, 15) is 5.11 Å². The fourth-order valence-corrected chi connectivity index (χ4v) is 1.29. The molecule has 1 rings (SSSR count). The highest BCUT2D eigenvalue weighted by Gasteiger charge is 2.34. The zero-order valence-electron chi connectivity index (χ0n) is 11.8. The normalized spacial score (nSPS) is 13.4. The van der Waals surface area contributed by atoms with Gasteiger partial charge in [-0.2, -0.15) is 5.10 Å². The zero-order valence-corrected chi connectivity index (χ0v) is 11.8. The van der Waals surface area contributed by atoms with Gasteiger partial charge >= 0.3 is 0 Å². The van der Waals surface area contributed by atoms with Crippen molar-refractivity contribution >= 4 is 0 Å². The summed E-state index contributed by atoms with van der Waals surface area (Å²) in [6.07, 6.45) is 1.98. The van der Waals surface area contributed by atoms with Gasteiger partial charge < -0.3 is 10.4 Å². The van der Waals surface area contributed by atoms with E-state index in [-0.39, 0.29) is 5.54 Å². The minimum Gasteiger partial charge on any atom is -0.389 e. The minimum atomic E-state index is -0.770. The summed E-state index contributed by atoms with van der Waals surface area (Å²) in [5.41, 5.74) is -0.126. The van der Waals surface area contributed by atoms with Gasteiger partial charge in [-0.05, 0) is 47.6 Å². The third kappa shape index (κ3) is 3.54. The monoisotopic (exact) mass is 239 g/mol. The van der Waals surface area contributed by atoms with Crippen LogP contribution < -0.4 is 5.32 Å². The van der Waals surface area contributed by atoms with Crippen LogP contribution in [0.4, 0.5) is 0 Å². The lowest BCUT2D eigenvalue weighted by Gasteiger charge is -2.38. The van der Waals surface area contributed by atoms with Gasteiger partial charge in [-0.3, -0.25) is 4.68 Å². The summed E-state index contributed by atoms with van der Waals surface area (Å²) in [6, 6.07) is 2.39. The Kier molecular flexibility index (Phi) is 3.99. The molecule has 0 unspecified atom stereocenters. The molecule has 0 amide bonds. The van der Waals surface area contributed by atoms with Gasteiger partial charge in [0.15, 0.2) is 0 Å². The number of hydrogen-bond acceptors (Lipinski definition) is 3. The smallest absolute Gasteiger partial charge is 0.0767 e. The van der Waals surface area contributed by atoms with Crippen LogP contribution in [0.3, 0.4) is 0 Å². The summed E-state index contributed by atoms with van der Waals surface area (Å²) >= 11 is 0. The van der Waals surface area contributed by atoms with Crippen molar-refractivity contribution in [3.8, 4) is 0 Å². The molecule has 0 saturated carbocycles. The van der Waals surface area contributed by atoms with E-state index in [1.807, 2.05) is 44.6 Å². The molecule has 0 aromatic carbocycles. The summed E-state index contributed by atoms with van der Waals surface area (Å²) in [5.74, 6) is 0. The number of nitrogens with one attached hydrogen (secondary N) is 1. The highest BCUT2D eigenvalue weighted by Crippen LogP contribution is 2.20. The molecule has 1 heterocycles. The molecular weight excluding hydrogens is 214 g/mol. The molecule has 1 aromatic heterocycles. The topological polar surface area (TPSA) is 50.1 Å². The minimum absolute atomic E-state index is 0.353. The molecule has 0 saturated heterocycles. The van der Waals surface area contributed by atoms with Gasteiger partial charge in [0.25, 0.3) is 0 Å². The molecule has 0 aliphatic rings. The maximum Gasteiger partial charge on any atom is 0.0767 e. The van der Waals surface area contributed by atoms with Crippen LogP contribution in [0.5, 0.6) is 0 Å². The lowest BCUT2D eigenvalue weighted by molar-refractivity contribution is -0.00548. The predicted molar refractivity (Wildman–Crippen MR) is 69.8 cm³/mol. The Hall–Kier alpha value is -0.870. The van der Waals surface area contributed by atoms with Crippen molar-refractivity contribution in [2.45, 2.75) is 65.3 Å². The van der Waals surface area contributed by atoms with Crippen molar-refractivity contribution in [1.29, 1.82) is 0 Å². The van der Waals surface area contributed by atoms with Crippen LogP contribution in [0.2, 0.25) is 0 Å². The Morgan fingerprint density at radius 3 is 2.35 bits per heavy atom. The fourth-order valence-electron chi connectivity index (χ4n) is 1.29. The molecule has 0 aliphatic carbocycles. The van der Waals surface area contributed by atoms with E-state index < -0.39 is 5.60 Å². The number of nitrogens with zero attached hydrogens (tertiary/aromatic N) is 2. The number of rotatable bonds is 5. The molecule has 1 aromatic rings. The van der Waals surface area contributed by atoms with Gasteiger partial charge in [-0.1, -0.05) is 0 Å². The molecule has 2 N–H and O–H groups in total. The van der Waals surface area contributed by atoms with Crippen molar-refractivity contribution in [2.24, 2.45) is 0 Å². The average molecular weight is 239 g/mol. The SMILES string of the molecule is CC(C)n1ccc(CNC(C)(C)C(C)(C)O)n1. The maximum absolute atomic E-state index is 10.0. The molecular formula is C13H25N3O. The fraction of sp³-hybridized carbons (Fsp3) is 0.769. The van der Waals surface area contributed by atoms with E-state index in [4.69, 9.17) is 0 Å². The van der Waals surface area contributed by atoms with Crippen molar-refractivity contribution in [2.75, 3.05) is 0 Å². The molecule has 0 radical (unpaired) electrons. The largest absolute Gasteiger partial charge is 0.389 e. The first-order valence-electron chi connectivity index (χ1n) is 6.15. The lowest BCUT2D eigenvalue weighted by Crippen LogP contribution is -2.55. The highest BCUT2D eigenvalue weighted by molar-refractivity contribution is 5.02. The summed E-state index contributed by atoms with van der Waals surface area (Å²) < 4.78 is 1.94. The van der Waals surface area contributed by atoms with Crippen molar-refractivity contribution in [3.63, 3.8) is 0 Å². The van der Waals surface area contributed by atoms with Crippen LogP contribution >= 0.6 is 0 Å². The predicted octanol–water partition coefficient (Wildman–Crippen LogP) is 2.10. The summed E-state index contributed by atoms with van der Waals surface area (Å²) in [4.78, 5) is 0. The Bertz CT molecular complexity index is 361. The van der Waals surface area contributed by atoms with Crippen LogP contribution in [0, 0.1) is 0 Å². The van der Waals surface area contributed by atoms with Crippen molar-refractivity contribution in [1.82, 2.24) is 15.1 Å². The van der Waals surface area contributed by atoms with E-state index in [1.54, 1.807) is 0 Å². The maximum atomic E-state index is 10.0. The van der Waals surface area contributed by atoms with E-state index in [0.717, 1.165) is 5.69 Å². The average Bonchev–Trinajstić information content (AvgIpc) is 2.61. The van der Waals surface area contributed by atoms with Gasteiger partial charge in [0, 0.05) is 24.3 Å². The lowest BCUT2D eigenvalue weighted by atomic mass is 9.86. The molecule has 0 spiro atoms. The second-order valence-corrected chi connectivity index (χ2v) is 5.92. The van der Waals surface area contributed by atoms with Crippen molar-refractivity contribution in [3.05, 3.63) is 18.0 Å². The molecule has 0 atom stereocenters. The summed E-state index contributed by atoms with van der Waals surface area (Å²) in [7, 11) is 0. The first kappa shape index (κ1) is 14.2. The second kappa shape index (κ2) is 4.78. The molecule has 4 heteroatoms. The number of aromatic nitrogens is 2. The Balaban J connectivity index is 2.61. The first-order valence-corrected chi connectivity index (χ1v) is 6.15. The van der Waals surface area contributed by atoms with Gasteiger partial charge in [-0.15, -0.1) is 0 Å². The molecule has 17 heavy (non-hydrogen) atoms. The standard InChI is InChI=1S/C13H25N3O/c1-10(2)16-8-7-11(15-16)9-14-12(3,4)13(5,6)17/h7-8,10,14,17H,9H2,1-6H3. The number of aliphatic hydroxyl groups is 1. The van der Waals surface area contributed by atoms with E-state index >= 15 is 0 Å². The second-order valence-electron chi connectivity index (χ2n) is 5.92. The van der Waals surface area contributed by atoms with Crippen LogP contribution in [-0.2, 0) is 6.54 Å². The summed E-state index contributed by atoms with van der Waals surface area (Å²) in [6.45, 7) is 12.5. The van der Waals surface area contributed by atoms with E-state index in [0.29, 0.717) is 12.6 Å². The Labute approximate surface area is 104 Å². The van der Waals surface area contributed by atoms with E-state index in [1.165, 1.54) is 0 Å². The first-order chi connectivity index (χ1) is 7.63. The number of hydrogen-bond donors (Lipinski definition) is 2. The third-order valence-electron chi connectivity index (χ3n) is 3.43. The van der Waals surface area contributed by atoms with Crippen LogP contribution in [0.15, 0.2) is 12.3 Å². The molecule has 0 aliphatic heterocycles. The van der Waals surface area contributed by atoms with Gasteiger partial charge in [0.2, 0.25) is 0 Å². The van der Waals surface area contributed by atoms with Crippen molar-refractivity contribution < 1.29 is 5.11 Å². The highest BCUT2D eigenvalue weighted by atomic mass is 16.3. The Morgan fingerprint density at radius 1 is 1.35 bits per heavy atom. The van der Waals surface area contributed by atoms with Crippen LogP contribution in [0.25, 0.3) is 0 Å². The third-order valence-corrected chi connectivity index (χ3v) is 3.43. The van der Waals surface area contributed by atoms with Crippen LogP contribution in [0.1, 0.15) is 53.3 Å². The molecule has 0 bridgehead atoms. The summed E-state index contributed by atoms with van der Waals surface area (Å²) in [5, 5.41) is 17.8.